The van der Waals surface area contributed by atoms with Crippen LogP contribution in [0.3, 0.4) is 0 Å². The van der Waals surface area contributed by atoms with Crippen LogP contribution in [0.5, 0.6) is 11.5 Å². The molecule has 0 aliphatic carbocycles. The van der Waals surface area contributed by atoms with Crippen molar-refractivity contribution in [3.63, 3.8) is 0 Å². The Morgan fingerprint density at radius 1 is 1.07 bits per heavy atom. The minimum Gasteiger partial charge on any atom is -0.482 e. The van der Waals surface area contributed by atoms with Crippen molar-refractivity contribution >= 4 is 29.1 Å². The second-order valence-electron chi connectivity index (χ2n) is 6.74. The predicted octanol–water partition coefficient (Wildman–Crippen LogP) is 1.34. The molecule has 2 aromatic rings. The van der Waals surface area contributed by atoms with E-state index >= 15 is 0 Å². The van der Waals surface area contributed by atoms with Gasteiger partial charge in [-0.25, -0.2) is 0 Å². The molecule has 3 amide bonds. The molecule has 1 atom stereocenters. The van der Waals surface area contributed by atoms with Crippen molar-refractivity contribution in [2.45, 2.75) is 12.5 Å². The second-order valence-corrected chi connectivity index (χ2v) is 6.74. The van der Waals surface area contributed by atoms with Crippen LogP contribution in [0.4, 0.5) is 11.4 Å². The van der Waals surface area contributed by atoms with Gasteiger partial charge >= 0.3 is 0 Å². The fraction of sp³-hybridized carbons (Fsp3) is 0.286. The quantitative estimate of drug-likeness (QED) is 0.844. The maximum atomic E-state index is 13.0. The van der Waals surface area contributed by atoms with Crippen LogP contribution in [-0.4, -0.2) is 50.6 Å². The van der Waals surface area contributed by atoms with E-state index < -0.39 is 6.10 Å². The number of hydrogen-bond donors (Lipinski definition) is 1. The summed E-state index contributed by atoms with van der Waals surface area (Å²) in [6.07, 6.45) is -0.681. The standard InChI is InChI=1S/C21H21N3O5/c1-22-21(27)18-12-24(15-7-3-5-9-17(15)29-18)19(25)10-11-23-14-6-2-4-8-16(14)28-13-20(23)26/h2-9,18H,10-13H2,1H3,(H,22,27)/t18-/m1/s1. The highest BCUT2D eigenvalue weighted by Crippen LogP contribution is 2.34. The first-order valence-electron chi connectivity index (χ1n) is 9.38. The number of likely N-dealkylation sites (N-methyl/N-ethyl adjacent to an activating group) is 1. The number of fused-ring (bicyclic) bond motifs is 2. The third-order valence-electron chi connectivity index (χ3n) is 4.97. The summed E-state index contributed by atoms with van der Waals surface area (Å²) in [4.78, 5) is 40.6. The van der Waals surface area contributed by atoms with E-state index in [0.29, 0.717) is 22.9 Å². The van der Waals surface area contributed by atoms with Gasteiger partial charge in [0.1, 0.15) is 11.5 Å². The Balaban J connectivity index is 1.52. The van der Waals surface area contributed by atoms with Crippen LogP contribution in [0.2, 0.25) is 0 Å². The first-order chi connectivity index (χ1) is 14.1. The fourth-order valence-electron chi connectivity index (χ4n) is 3.51. The van der Waals surface area contributed by atoms with Crippen LogP contribution in [0.15, 0.2) is 48.5 Å². The van der Waals surface area contributed by atoms with E-state index in [4.69, 9.17) is 9.47 Å². The summed E-state index contributed by atoms with van der Waals surface area (Å²) in [5.41, 5.74) is 1.27. The minimum absolute atomic E-state index is 0.0513. The molecule has 8 nitrogen and oxygen atoms in total. The molecule has 2 heterocycles. The molecule has 2 aromatic carbocycles. The molecule has 0 aromatic heterocycles. The van der Waals surface area contributed by atoms with Gasteiger partial charge < -0.3 is 24.6 Å². The number of anilines is 2. The lowest BCUT2D eigenvalue weighted by Crippen LogP contribution is -2.50. The lowest BCUT2D eigenvalue weighted by Gasteiger charge is -2.35. The summed E-state index contributed by atoms with van der Waals surface area (Å²) in [6, 6.07) is 14.4. The highest BCUT2D eigenvalue weighted by molar-refractivity contribution is 6.00. The molecule has 0 bridgehead atoms. The van der Waals surface area contributed by atoms with Crippen LogP contribution in [0, 0.1) is 0 Å². The third kappa shape index (κ3) is 3.61. The number of benzene rings is 2. The number of nitrogens with one attached hydrogen (secondary N) is 1. The Morgan fingerprint density at radius 3 is 2.52 bits per heavy atom. The van der Waals surface area contributed by atoms with Gasteiger partial charge in [-0.3, -0.25) is 14.4 Å². The van der Waals surface area contributed by atoms with E-state index in [9.17, 15) is 14.4 Å². The molecule has 0 unspecified atom stereocenters. The van der Waals surface area contributed by atoms with E-state index in [1.54, 1.807) is 40.1 Å². The highest BCUT2D eigenvalue weighted by Gasteiger charge is 2.34. The number of carbonyl (C=O) groups is 3. The number of hydrogen-bond acceptors (Lipinski definition) is 5. The minimum atomic E-state index is -0.787. The molecule has 0 radical (unpaired) electrons. The number of amides is 3. The molecule has 29 heavy (non-hydrogen) atoms. The van der Waals surface area contributed by atoms with Crippen molar-refractivity contribution in [2.75, 3.05) is 36.5 Å². The molecule has 0 spiro atoms. The zero-order valence-corrected chi connectivity index (χ0v) is 16.0. The Labute approximate surface area is 168 Å². The molecule has 0 saturated carbocycles. The highest BCUT2D eigenvalue weighted by atomic mass is 16.5. The average molecular weight is 395 g/mol. The van der Waals surface area contributed by atoms with E-state index in [1.807, 2.05) is 18.2 Å². The molecule has 8 heteroatoms. The van der Waals surface area contributed by atoms with Crippen molar-refractivity contribution < 1.29 is 23.9 Å². The average Bonchev–Trinajstić information content (AvgIpc) is 2.76. The summed E-state index contributed by atoms with van der Waals surface area (Å²) in [5, 5.41) is 2.56. The maximum absolute atomic E-state index is 13.0. The van der Waals surface area contributed by atoms with Crippen LogP contribution in [-0.2, 0) is 14.4 Å². The van der Waals surface area contributed by atoms with E-state index in [2.05, 4.69) is 5.32 Å². The Bertz CT molecular complexity index is 961. The zero-order valence-electron chi connectivity index (χ0n) is 16.0. The van der Waals surface area contributed by atoms with Crippen LogP contribution >= 0.6 is 0 Å². The van der Waals surface area contributed by atoms with Crippen molar-refractivity contribution in [1.82, 2.24) is 5.32 Å². The van der Waals surface area contributed by atoms with Gasteiger partial charge in [-0.2, -0.15) is 0 Å². The Hall–Kier alpha value is -3.55. The van der Waals surface area contributed by atoms with Gasteiger partial charge in [0, 0.05) is 20.0 Å². The number of nitrogens with zero attached hydrogens (tertiary/aromatic N) is 2. The molecule has 0 fully saturated rings. The lowest BCUT2D eigenvalue weighted by atomic mass is 10.1. The predicted molar refractivity (Wildman–Crippen MR) is 106 cm³/mol. The molecule has 4 rings (SSSR count). The van der Waals surface area contributed by atoms with Gasteiger partial charge in [0.2, 0.25) is 5.91 Å². The number of para-hydroxylation sites is 4. The molecule has 2 aliphatic rings. The zero-order chi connectivity index (χ0) is 20.4. The van der Waals surface area contributed by atoms with E-state index in [-0.39, 0.29) is 43.8 Å². The van der Waals surface area contributed by atoms with E-state index in [0.717, 1.165) is 0 Å². The molecule has 2 aliphatic heterocycles. The summed E-state index contributed by atoms with van der Waals surface area (Å²) in [7, 11) is 1.53. The van der Waals surface area contributed by atoms with Gasteiger partial charge in [0.15, 0.2) is 12.7 Å². The molecule has 0 saturated heterocycles. The summed E-state index contributed by atoms with van der Waals surface area (Å²) in [5.74, 6) is 0.424. The van der Waals surface area contributed by atoms with Crippen LogP contribution < -0.4 is 24.6 Å². The van der Waals surface area contributed by atoms with Gasteiger partial charge in [-0.05, 0) is 24.3 Å². The van der Waals surface area contributed by atoms with Crippen molar-refractivity contribution in [2.24, 2.45) is 0 Å². The summed E-state index contributed by atoms with van der Waals surface area (Å²) in [6.45, 7) is 0.287. The molecular weight excluding hydrogens is 374 g/mol. The number of ether oxygens (including phenoxy) is 2. The van der Waals surface area contributed by atoms with Crippen molar-refractivity contribution in [3.8, 4) is 11.5 Å². The second kappa shape index (κ2) is 7.83. The third-order valence-corrected chi connectivity index (χ3v) is 4.97. The maximum Gasteiger partial charge on any atom is 0.265 e. The summed E-state index contributed by atoms with van der Waals surface area (Å²) < 4.78 is 11.2. The fourth-order valence-corrected chi connectivity index (χ4v) is 3.51. The Kier molecular flexibility index (Phi) is 5.07. The van der Waals surface area contributed by atoms with Gasteiger partial charge in [0.25, 0.3) is 11.8 Å². The first-order valence-corrected chi connectivity index (χ1v) is 9.38. The normalized spacial score (nSPS) is 17.6. The largest absolute Gasteiger partial charge is 0.482 e. The van der Waals surface area contributed by atoms with Crippen molar-refractivity contribution in [3.05, 3.63) is 48.5 Å². The first kappa shape index (κ1) is 18.8. The van der Waals surface area contributed by atoms with Gasteiger partial charge in [-0.1, -0.05) is 24.3 Å². The lowest BCUT2D eigenvalue weighted by molar-refractivity contribution is -0.127. The van der Waals surface area contributed by atoms with Gasteiger partial charge in [0.05, 0.1) is 17.9 Å². The van der Waals surface area contributed by atoms with Gasteiger partial charge in [-0.15, -0.1) is 0 Å². The number of carbonyl (C=O) groups excluding carboxylic acids is 3. The smallest absolute Gasteiger partial charge is 0.265 e. The SMILES string of the molecule is CNC(=O)[C@H]1CN(C(=O)CCN2C(=O)COc3ccccc32)c2ccccc2O1. The Morgan fingerprint density at radius 2 is 1.76 bits per heavy atom. The van der Waals surface area contributed by atoms with Crippen molar-refractivity contribution in [1.29, 1.82) is 0 Å². The number of rotatable bonds is 4. The molecular formula is C21H21N3O5. The monoisotopic (exact) mass is 395 g/mol. The summed E-state index contributed by atoms with van der Waals surface area (Å²) >= 11 is 0. The molecule has 150 valence electrons. The van der Waals surface area contributed by atoms with Crippen LogP contribution in [0.1, 0.15) is 6.42 Å². The van der Waals surface area contributed by atoms with E-state index in [1.165, 1.54) is 7.05 Å². The molecule has 1 N–H and O–H groups in total. The van der Waals surface area contributed by atoms with Crippen LogP contribution in [0.25, 0.3) is 0 Å². The topological polar surface area (TPSA) is 88.2 Å².